The van der Waals surface area contributed by atoms with Crippen LogP contribution in [0.5, 0.6) is 0 Å². The van der Waals surface area contributed by atoms with E-state index in [4.69, 9.17) is 12.2 Å². The number of amides is 3. The molecule has 0 unspecified atom stereocenters. The number of carbonyl (C=O) groups is 3. The number of nitrogens with zero attached hydrogens (tertiary/aromatic N) is 2. The zero-order chi connectivity index (χ0) is 13.7. The molecule has 0 spiro atoms. The van der Waals surface area contributed by atoms with Gasteiger partial charge < -0.3 is 4.90 Å². The molecule has 1 aliphatic rings. The molecule has 0 aromatic heterocycles. The van der Waals surface area contributed by atoms with E-state index in [0.29, 0.717) is 13.1 Å². The maximum absolute atomic E-state index is 11.7. The van der Waals surface area contributed by atoms with Crippen molar-refractivity contribution in [1.29, 1.82) is 0 Å². The van der Waals surface area contributed by atoms with Crippen molar-refractivity contribution in [3.63, 3.8) is 0 Å². The van der Waals surface area contributed by atoms with Gasteiger partial charge in [0.25, 0.3) is 0 Å². The average molecular weight is 288 g/mol. The molecule has 0 radical (unpaired) electrons. The Balaban J connectivity index is 2.48. The number of imide groups is 1. The van der Waals surface area contributed by atoms with Crippen molar-refractivity contribution < 1.29 is 14.4 Å². The van der Waals surface area contributed by atoms with Crippen LogP contribution in [0.15, 0.2) is 0 Å². The quantitative estimate of drug-likeness (QED) is 0.571. The summed E-state index contributed by atoms with van der Waals surface area (Å²) in [4.78, 5) is 37.3. The highest BCUT2D eigenvalue weighted by Crippen LogP contribution is 2.19. The standard InChI is InChI=1S/C11H16N2O3S2/c1-3-12(4-2)10(16)7-18-11(17)13-8(14)5-6-9(13)15/h3-7H2,1-2H3. The molecule has 0 aliphatic carbocycles. The first-order valence-electron chi connectivity index (χ1n) is 5.81. The van der Waals surface area contributed by atoms with Crippen LogP contribution in [0, 0.1) is 0 Å². The molecule has 0 aromatic rings. The predicted molar refractivity (Wildman–Crippen MR) is 74.1 cm³/mol. The van der Waals surface area contributed by atoms with Crippen LogP contribution in [-0.2, 0) is 14.4 Å². The molecule has 3 amide bonds. The molecule has 7 heteroatoms. The smallest absolute Gasteiger partial charge is 0.235 e. The van der Waals surface area contributed by atoms with Crippen molar-refractivity contribution in [3.05, 3.63) is 0 Å². The van der Waals surface area contributed by atoms with Gasteiger partial charge in [-0.25, -0.2) is 4.90 Å². The third-order valence-corrected chi connectivity index (χ3v) is 4.03. The van der Waals surface area contributed by atoms with Crippen molar-refractivity contribution in [2.24, 2.45) is 0 Å². The van der Waals surface area contributed by atoms with Crippen LogP contribution in [0.1, 0.15) is 26.7 Å². The van der Waals surface area contributed by atoms with Crippen molar-refractivity contribution in [2.45, 2.75) is 26.7 Å². The molecule has 1 aliphatic heterocycles. The first-order chi connectivity index (χ1) is 8.51. The minimum atomic E-state index is -0.271. The monoisotopic (exact) mass is 288 g/mol. The predicted octanol–water partition coefficient (Wildman–Crippen LogP) is 1.02. The second-order valence-electron chi connectivity index (χ2n) is 3.74. The number of carbonyl (C=O) groups excluding carboxylic acids is 3. The molecular weight excluding hydrogens is 272 g/mol. The molecule has 0 aromatic carbocycles. The molecule has 0 saturated carbocycles. The normalized spacial score (nSPS) is 15.1. The molecular formula is C11H16N2O3S2. The van der Waals surface area contributed by atoms with Gasteiger partial charge in [0.15, 0.2) is 0 Å². The van der Waals surface area contributed by atoms with Crippen LogP contribution < -0.4 is 0 Å². The van der Waals surface area contributed by atoms with Crippen LogP contribution >= 0.6 is 24.0 Å². The van der Waals surface area contributed by atoms with E-state index in [0.717, 1.165) is 16.7 Å². The number of thiocarbonyl (C=S) groups is 1. The Morgan fingerprint density at radius 1 is 1.28 bits per heavy atom. The summed E-state index contributed by atoms with van der Waals surface area (Å²) in [6.07, 6.45) is 0.424. The fraction of sp³-hybridized carbons (Fsp3) is 0.636. The van der Waals surface area contributed by atoms with Crippen LogP contribution in [0.3, 0.4) is 0 Å². The summed E-state index contributed by atoms with van der Waals surface area (Å²) in [6.45, 7) is 5.09. The summed E-state index contributed by atoms with van der Waals surface area (Å²) in [6, 6.07) is 0. The lowest BCUT2D eigenvalue weighted by molar-refractivity contribution is -0.133. The molecule has 5 nitrogen and oxygen atoms in total. The largest absolute Gasteiger partial charge is 0.343 e. The summed E-state index contributed by atoms with van der Waals surface area (Å²) < 4.78 is 0.183. The van der Waals surface area contributed by atoms with E-state index in [1.807, 2.05) is 13.8 Å². The third kappa shape index (κ3) is 3.52. The van der Waals surface area contributed by atoms with E-state index in [1.165, 1.54) is 0 Å². The van der Waals surface area contributed by atoms with Crippen LogP contribution in [0.2, 0.25) is 0 Å². The first-order valence-corrected chi connectivity index (χ1v) is 7.20. The number of thioether (sulfide) groups is 1. The minimum Gasteiger partial charge on any atom is -0.343 e. The lowest BCUT2D eigenvalue weighted by Crippen LogP contribution is -2.35. The Kier molecular flexibility index (Phi) is 5.74. The molecule has 1 heterocycles. The van der Waals surface area contributed by atoms with E-state index in [-0.39, 0.29) is 40.6 Å². The van der Waals surface area contributed by atoms with E-state index < -0.39 is 0 Å². The van der Waals surface area contributed by atoms with Crippen LogP contribution in [-0.4, -0.2) is 50.7 Å². The van der Waals surface area contributed by atoms with Crippen molar-refractivity contribution in [1.82, 2.24) is 9.80 Å². The first kappa shape index (κ1) is 15.1. The fourth-order valence-electron chi connectivity index (χ4n) is 1.64. The van der Waals surface area contributed by atoms with Gasteiger partial charge in [-0.15, -0.1) is 0 Å². The highest BCUT2D eigenvalue weighted by molar-refractivity contribution is 8.23. The van der Waals surface area contributed by atoms with E-state index in [2.05, 4.69) is 0 Å². The zero-order valence-electron chi connectivity index (χ0n) is 10.5. The van der Waals surface area contributed by atoms with E-state index >= 15 is 0 Å². The maximum Gasteiger partial charge on any atom is 0.235 e. The lowest BCUT2D eigenvalue weighted by atomic mass is 10.4. The SMILES string of the molecule is CCN(CC)C(=O)CSC(=S)N1C(=O)CCC1=O. The number of hydrogen-bond donors (Lipinski definition) is 0. The second kappa shape index (κ2) is 6.84. The molecule has 0 bridgehead atoms. The summed E-state index contributed by atoms with van der Waals surface area (Å²) >= 11 is 6.09. The number of likely N-dealkylation sites (tertiary alicyclic amines) is 1. The van der Waals surface area contributed by atoms with Gasteiger partial charge in [0.1, 0.15) is 4.32 Å². The topological polar surface area (TPSA) is 57.7 Å². The summed E-state index contributed by atoms with van der Waals surface area (Å²) in [5.41, 5.74) is 0. The number of hydrogen-bond acceptors (Lipinski definition) is 5. The fourth-order valence-corrected chi connectivity index (χ4v) is 2.78. The zero-order valence-corrected chi connectivity index (χ0v) is 12.1. The van der Waals surface area contributed by atoms with E-state index in [1.54, 1.807) is 4.90 Å². The summed E-state index contributed by atoms with van der Waals surface area (Å²) in [7, 11) is 0. The maximum atomic E-state index is 11.7. The summed E-state index contributed by atoms with van der Waals surface area (Å²) in [5.74, 6) is -0.413. The van der Waals surface area contributed by atoms with Gasteiger partial charge in [-0.05, 0) is 13.8 Å². The Morgan fingerprint density at radius 3 is 2.22 bits per heavy atom. The average Bonchev–Trinajstić information content (AvgIpc) is 2.67. The Hall–Kier alpha value is -0.950. The molecule has 18 heavy (non-hydrogen) atoms. The van der Waals surface area contributed by atoms with Crippen molar-refractivity contribution >= 4 is 46.0 Å². The molecule has 100 valence electrons. The van der Waals surface area contributed by atoms with Gasteiger partial charge in [-0.2, -0.15) is 0 Å². The highest BCUT2D eigenvalue weighted by atomic mass is 32.2. The Morgan fingerprint density at radius 2 is 1.78 bits per heavy atom. The Labute approximate surface area is 116 Å². The molecule has 0 N–H and O–H groups in total. The molecule has 1 saturated heterocycles. The second-order valence-corrected chi connectivity index (χ2v) is 5.35. The van der Waals surface area contributed by atoms with Gasteiger partial charge in [0.05, 0.1) is 5.75 Å². The minimum absolute atomic E-state index is 0.0357. The van der Waals surface area contributed by atoms with Gasteiger partial charge in [0, 0.05) is 25.9 Å². The molecule has 0 atom stereocenters. The van der Waals surface area contributed by atoms with Gasteiger partial charge >= 0.3 is 0 Å². The molecule has 1 rings (SSSR count). The highest BCUT2D eigenvalue weighted by Gasteiger charge is 2.32. The van der Waals surface area contributed by atoms with Gasteiger partial charge in [-0.1, -0.05) is 24.0 Å². The lowest BCUT2D eigenvalue weighted by Gasteiger charge is -2.19. The molecule has 1 fully saturated rings. The van der Waals surface area contributed by atoms with Gasteiger partial charge in [0.2, 0.25) is 17.7 Å². The van der Waals surface area contributed by atoms with Crippen LogP contribution in [0.25, 0.3) is 0 Å². The van der Waals surface area contributed by atoms with Crippen molar-refractivity contribution in [3.8, 4) is 0 Å². The summed E-state index contributed by atoms with van der Waals surface area (Å²) in [5, 5.41) is 0. The van der Waals surface area contributed by atoms with Crippen molar-refractivity contribution in [2.75, 3.05) is 18.8 Å². The van der Waals surface area contributed by atoms with Gasteiger partial charge in [-0.3, -0.25) is 14.4 Å². The van der Waals surface area contributed by atoms with E-state index in [9.17, 15) is 14.4 Å². The third-order valence-electron chi connectivity index (χ3n) is 2.67. The Bertz CT molecular complexity index is 364. The van der Waals surface area contributed by atoms with Crippen LogP contribution in [0.4, 0.5) is 0 Å². The number of rotatable bonds is 4.